The molecule has 1 aliphatic rings. The molecule has 0 saturated heterocycles. The Hall–Kier alpha value is -1.17. The van der Waals surface area contributed by atoms with Gasteiger partial charge in [-0.15, -0.1) is 0 Å². The van der Waals surface area contributed by atoms with E-state index >= 15 is 0 Å². The fraction of sp³-hybridized carbons (Fsp3) is 0.583. The minimum absolute atomic E-state index is 0.0832. The topological polar surface area (TPSA) is 65.3 Å². The molecule has 1 saturated carbocycles. The zero-order chi connectivity index (χ0) is 13.0. The van der Waals surface area contributed by atoms with E-state index in [0.717, 1.165) is 12.8 Å². The number of aromatic nitrogens is 1. The van der Waals surface area contributed by atoms with Crippen LogP contribution in [0.3, 0.4) is 0 Å². The number of nitrogens with zero attached hydrogens (tertiary/aromatic N) is 2. The van der Waals surface area contributed by atoms with E-state index in [1.54, 1.807) is 0 Å². The number of halogens is 1. The second kappa shape index (κ2) is 6.13. The third-order valence-electron chi connectivity index (χ3n) is 3.18. The molecule has 1 aliphatic carbocycles. The molecule has 5 nitrogen and oxygen atoms in total. The van der Waals surface area contributed by atoms with Crippen molar-refractivity contribution in [2.24, 2.45) is 5.92 Å². The summed E-state index contributed by atoms with van der Waals surface area (Å²) in [5.41, 5.74) is -0.0832. The van der Waals surface area contributed by atoms with Crippen molar-refractivity contribution in [3.63, 3.8) is 0 Å². The summed E-state index contributed by atoms with van der Waals surface area (Å²) in [7, 11) is 0. The van der Waals surface area contributed by atoms with Crippen LogP contribution in [0.5, 0.6) is 5.88 Å². The maximum atomic E-state index is 10.9. The van der Waals surface area contributed by atoms with Crippen LogP contribution in [0.2, 0.25) is 0 Å². The van der Waals surface area contributed by atoms with Gasteiger partial charge >= 0.3 is 5.69 Å². The monoisotopic (exact) mass is 314 g/mol. The fourth-order valence-corrected chi connectivity index (χ4v) is 2.53. The Labute approximate surface area is 114 Å². The molecule has 6 heteroatoms. The van der Waals surface area contributed by atoms with Gasteiger partial charge in [0.1, 0.15) is 0 Å². The quantitative estimate of drug-likeness (QED) is 0.627. The summed E-state index contributed by atoms with van der Waals surface area (Å²) in [5.74, 6) is 0.623. The van der Waals surface area contributed by atoms with Crippen LogP contribution in [-0.4, -0.2) is 16.5 Å². The first-order valence-electron chi connectivity index (χ1n) is 6.09. The highest BCUT2D eigenvalue weighted by Crippen LogP contribution is 2.29. The second-order valence-electron chi connectivity index (χ2n) is 4.55. The molecule has 0 aliphatic heterocycles. The van der Waals surface area contributed by atoms with Crippen molar-refractivity contribution in [3.8, 4) is 5.88 Å². The van der Waals surface area contributed by atoms with Crippen LogP contribution in [0, 0.1) is 16.0 Å². The number of nitro groups is 1. The summed E-state index contributed by atoms with van der Waals surface area (Å²) in [6.45, 7) is 0.523. The summed E-state index contributed by atoms with van der Waals surface area (Å²) in [5, 5.41) is 10.9. The maximum Gasteiger partial charge on any atom is 0.332 e. The van der Waals surface area contributed by atoms with E-state index in [-0.39, 0.29) is 11.6 Å². The largest absolute Gasteiger partial charge is 0.473 e. The number of rotatable bonds is 4. The second-order valence-corrected chi connectivity index (χ2v) is 5.47. The molecule has 0 amide bonds. The average molecular weight is 315 g/mol. The van der Waals surface area contributed by atoms with Gasteiger partial charge in [-0.2, -0.15) is 0 Å². The molecule has 1 aromatic heterocycles. The van der Waals surface area contributed by atoms with Crippen molar-refractivity contribution >= 4 is 21.6 Å². The van der Waals surface area contributed by atoms with Crippen LogP contribution in [-0.2, 0) is 0 Å². The molecule has 2 rings (SSSR count). The summed E-state index contributed by atoms with van der Waals surface area (Å²) < 4.78 is 6.10. The molecule has 1 fully saturated rings. The Kier molecular flexibility index (Phi) is 4.52. The van der Waals surface area contributed by atoms with Crippen molar-refractivity contribution in [1.82, 2.24) is 4.98 Å². The van der Waals surface area contributed by atoms with Gasteiger partial charge in [-0.25, -0.2) is 4.98 Å². The van der Waals surface area contributed by atoms with Gasteiger partial charge in [0, 0.05) is 16.7 Å². The maximum absolute atomic E-state index is 10.9. The molecule has 0 spiro atoms. The molecule has 0 radical (unpaired) electrons. The van der Waals surface area contributed by atoms with Gasteiger partial charge < -0.3 is 4.74 Å². The number of ether oxygens (including phenoxy) is 1. The van der Waals surface area contributed by atoms with Gasteiger partial charge in [0.05, 0.1) is 11.5 Å². The Morgan fingerprint density at radius 2 is 2.17 bits per heavy atom. The molecule has 0 bridgehead atoms. The molecule has 1 heterocycles. The number of hydrogen-bond donors (Lipinski definition) is 0. The number of hydrogen-bond acceptors (Lipinski definition) is 4. The van der Waals surface area contributed by atoms with Crippen molar-refractivity contribution in [3.05, 3.63) is 26.9 Å². The van der Waals surface area contributed by atoms with Gasteiger partial charge in [-0.05, 0) is 34.7 Å². The van der Waals surface area contributed by atoms with E-state index in [1.165, 1.54) is 31.5 Å². The predicted octanol–water partition coefficient (Wildman–Crippen LogP) is 3.71. The highest BCUT2D eigenvalue weighted by atomic mass is 79.9. The zero-order valence-electron chi connectivity index (χ0n) is 9.97. The fourth-order valence-electron chi connectivity index (χ4n) is 2.21. The molecular formula is C12H15BrN2O3. The van der Waals surface area contributed by atoms with E-state index in [1.807, 2.05) is 0 Å². The molecule has 18 heavy (non-hydrogen) atoms. The van der Waals surface area contributed by atoms with Crippen LogP contribution in [0.15, 0.2) is 16.7 Å². The first-order valence-corrected chi connectivity index (χ1v) is 6.89. The Morgan fingerprint density at radius 1 is 1.44 bits per heavy atom. The smallest absolute Gasteiger partial charge is 0.332 e. The first-order chi connectivity index (χ1) is 8.66. The minimum atomic E-state index is -0.464. The Balaban J connectivity index is 2.01. The van der Waals surface area contributed by atoms with E-state index in [0.29, 0.717) is 17.0 Å². The standard InChI is InChI=1S/C12H15BrN2O3/c13-10-6-11(15(16)17)12(14-7-10)18-8-9-4-2-1-3-5-9/h6-7,9H,1-5,8H2. The van der Waals surface area contributed by atoms with E-state index in [4.69, 9.17) is 4.74 Å². The SMILES string of the molecule is O=[N+]([O-])c1cc(Br)cnc1OCC1CCCCC1. The average Bonchev–Trinajstić information content (AvgIpc) is 2.38. The predicted molar refractivity (Wildman–Crippen MR) is 70.7 cm³/mol. The first kappa shape index (κ1) is 13.3. The molecule has 98 valence electrons. The third kappa shape index (κ3) is 3.41. The van der Waals surface area contributed by atoms with Gasteiger partial charge in [0.2, 0.25) is 0 Å². The van der Waals surface area contributed by atoms with Crippen LogP contribution >= 0.6 is 15.9 Å². The summed E-state index contributed by atoms with van der Waals surface area (Å²) in [6, 6.07) is 1.42. The van der Waals surface area contributed by atoms with Crippen molar-refractivity contribution < 1.29 is 9.66 Å². The highest BCUT2D eigenvalue weighted by molar-refractivity contribution is 9.10. The summed E-state index contributed by atoms with van der Waals surface area (Å²) in [6.07, 6.45) is 7.54. The zero-order valence-corrected chi connectivity index (χ0v) is 11.6. The molecule has 0 unspecified atom stereocenters. The van der Waals surface area contributed by atoms with Gasteiger partial charge in [0.15, 0.2) is 0 Å². The molecule has 0 N–H and O–H groups in total. The van der Waals surface area contributed by atoms with Crippen LogP contribution < -0.4 is 4.74 Å². The van der Waals surface area contributed by atoms with Crippen molar-refractivity contribution in [1.29, 1.82) is 0 Å². The van der Waals surface area contributed by atoms with E-state index < -0.39 is 4.92 Å². The lowest BCUT2D eigenvalue weighted by atomic mass is 9.90. The van der Waals surface area contributed by atoms with Crippen LogP contribution in [0.1, 0.15) is 32.1 Å². The molecule has 0 atom stereocenters. The van der Waals surface area contributed by atoms with Gasteiger partial charge in [-0.3, -0.25) is 10.1 Å². The molecular weight excluding hydrogens is 300 g/mol. The van der Waals surface area contributed by atoms with Crippen molar-refractivity contribution in [2.75, 3.05) is 6.61 Å². The van der Waals surface area contributed by atoms with E-state index in [2.05, 4.69) is 20.9 Å². The summed E-state index contributed by atoms with van der Waals surface area (Å²) >= 11 is 3.17. The van der Waals surface area contributed by atoms with Crippen LogP contribution in [0.25, 0.3) is 0 Å². The Bertz CT molecular complexity index is 433. The lowest BCUT2D eigenvalue weighted by Gasteiger charge is -2.21. The van der Waals surface area contributed by atoms with Gasteiger partial charge in [0.25, 0.3) is 5.88 Å². The Morgan fingerprint density at radius 3 is 2.83 bits per heavy atom. The molecule has 0 aromatic carbocycles. The highest BCUT2D eigenvalue weighted by Gasteiger charge is 2.20. The number of pyridine rings is 1. The minimum Gasteiger partial charge on any atom is -0.473 e. The van der Waals surface area contributed by atoms with E-state index in [9.17, 15) is 10.1 Å². The van der Waals surface area contributed by atoms with Crippen molar-refractivity contribution in [2.45, 2.75) is 32.1 Å². The molecule has 1 aromatic rings. The lowest BCUT2D eigenvalue weighted by Crippen LogP contribution is -2.16. The summed E-state index contributed by atoms with van der Waals surface area (Å²) in [4.78, 5) is 14.4. The lowest BCUT2D eigenvalue weighted by molar-refractivity contribution is -0.386. The van der Waals surface area contributed by atoms with Gasteiger partial charge in [-0.1, -0.05) is 19.3 Å². The normalized spacial score (nSPS) is 16.5. The third-order valence-corrected chi connectivity index (χ3v) is 3.61. The van der Waals surface area contributed by atoms with Crippen LogP contribution in [0.4, 0.5) is 5.69 Å².